The third-order valence-electron chi connectivity index (χ3n) is 2.99. The van der Waals surface area contributed by atoms with Crippen LogP contribution < -0.4 is 5.73 Å². The molecule has 3 unspecified atom stereocenters. The molecule has 0 aromatic carbocycles. The molecule has 0 spiro atoms. The minimum Gasteiger partial charge on any atom is -0.464 e. The summed E-state index contributed by atoms with van der Waals surface area (Å²) in [7, 11) is 0. The molecule has 0 aliphatic heterocycles. The van der Waals surface area contributed by atoms with Crippen LogP contribution in [0.3, 0.4) is 0 Å². The molecule has 14 heavy (non-hydrogen) atoms. The molecule has 0 amide bonds. The molecular weight excluding hydrogens is 178 g/mol. The maximum Gasteiger partial charge on any atom is 0.126 e. The molecule has 1 saturated carbocycles. The summed E-state index contributed by atoms with van der Waals surface area (Å²) in [6, 6.07) is 3.85. The number of nitrogens with two attached hydrogens (primary N) is 1. The minimum absolute atomic E-state index is 0.0971. The topological polar surface area (TPSA) is 59.4 Å². The first-order valence-corrected chi connectivity index (χ1v) is 5.04. The first-order chi connectivity index (χ1) is 6.54. The maximum absolute atomic E-state index is 9.08. The molecule has 1 fully saturated rings. The van der Waals surface area contributed by atoms with E-state index < -0.39 is 5.54 Å². The third-order valence-corrected chi connectivity index (χ3v) is 2.99. The van der Waals surface area contributed by atoms with E-state index in [-0.39, 0.29) is 6.61 Å². The van der Waals surface area contributed by atoms with Crippen molar-refractivity contribution in [3.63, 3.8) is 0 Å². The lowest BCUT2D eigenvalue weighted by Gasteiger charge is -2.18. The van der Waals surface area contributed by atoms with Crippen molar-refractivity contribution in [1.29, 1.82) is 0 Å². The normalized spacial score (nSPS) is 30.0. The predicted molar refractivity (Wildman–Crippen MR) is 53.9 cm³/mol. The van der Waals surface area contributed by atoms with E-state index in [1.807, 2.05) is 12.1 Å². The molecule has 3 N–H and O–H groups in total. The first kappa shape index (κ1) is 9.74. The first-order valence-electron chi connectivity index (χ1n) is 5.04. The molecule has 2 rings (SSSR count). The lowest BCUT2D eigenvalue weighted by Crippen LogP contribution is -2.36. The van der Waals surface area contributed by atoms with Gasteiger partial charge in [0, 0.05) is 5.92 Å². The van der Waals surface area contributed by atoms with E-state index >= 15 is 0 Å². The van der Waals surface area contributed by atoms with E-state index in [2.05, 4.69) is 6.92 Å². The van der Waals surface area contributed by atoms with Crippen LogP contribution in [-0.4, -0.2) is 11.7 Å². The molecule has 3 heteroatoms. The van der Waals surface area contributed by atoms with Crippen molar-refractivity contribution >= 4 is 0 Å². The number of hydrogen-bond donors (Lipinski definition) is 2. The van der Waals surface area contributed by atoms with Gasteiger partial charge in [-0.1, -0.05) is 6.92 Å². The van der Waals surface area contributed by atoms with Crippen LogP contribution in [0.25, 0.3) is 0 Å². The number of aliphatic hydroxyl groups is 1. The summed E-state index contributed by atoms with van der Waals surface area (Å²) in [5, 5.41) is 9.08. The summed E-state index contributed by atoms with van der Waals surface area (Å²) in [6.07, 6.45) is 1.20. The van der Waals surface area contributed by atoms with Crippen LogP contribution in [0.5, 0.6) is 0 Å². The van der Waals surface area contributed by atoms with E-state index in [9.17, 15) is 0 Å². The minimum atomic E-state index is -0.754. The Morgan fingerprint density at radius 3 is 2.79 bits per heavy atom. The highest BCUT2D eigenvalue weighted by molar-refractivity contribution is 5.21. The zero-order valence-corrected chi connectivity index (χ0v) is 8.66. The molecule has 78 valence electrons. The standard InChI is InChI=1S/C11H17NO2/c1-7-5-8(7)9-3-4-10(14-9)11(2,12)6-13/h3-4,7-8,13H,5-6,12H2,1-2H3. The fourth-order valence-corrected chi connectivity index (χ4v) is 1.66. The van der Waals surface area contributed by atoms with Crippen LogP contribution in [0, 0.1) is 5.92 Å². The Balaban J connectivity index is 2.17. The average Bonchev–Trinajstić information content (AvgIpc) is 2.70. The average molecular weight is 195 g/mol. The second-order valence-corrected chi connectivity index (χ2v) is 4.60. The summed E-state index contributed by atoms with van der Waals surface area (Å²) >= 11 is 0. The lowest BCUT2D eigenvalue weighted by atomic mass is 10.0. The zero-order valence-electron chi connectivity index (χ0n) is 8.66. The van der Waals surface area contributed by atoms with Gasteiger partial charge in [0.25, 0.3) is 0 Å². The highest BCUT2D eigenvalue weighted by Gasteiger charge is 2.37. The smallest absolute Gasteiger partial charge is 0.126 e. The molecule has 1 aliphatic rings. The molecule has 0 saturated heterocycles. The third kappa shape index (κ3) is 1.57. The van der Waals surface area contributed by atoms with Crippen molar-refractivity contribution in [3.05, 3.63) is 23.7 Å². The lowest BCUT2D eigenvalue weighted by molar-refractivity contribution is 0.186. The molecule has 1 heterocycles. The Labute approximate surface area is 83.9 Å². The van der Waals surface area contributed by atoms with Gasteiger partial charge in [-0.3, -0.25) is 0 Å². The van der Waals surface area contributed by atoms with E-state index in [1.165, 1.54) is 6.42 Å². The van der Waals surface area contributed by atoms with Crippen molar-refractivity contribution in [2.45, 2.75) is 31.7 Å². The van der Waals surface area contributed by atoms with Crippen molar-refractivity contribution in [3.8, 4) is 0 Å². The van der Waals surface area contributed by atoms with Gasteiger partial charge in [-0.25, -0.2) is 0 Å². The molecule has 1 aromatic rings. The quantitative estimate of drug-likeness (QED) is 0.769. The molecular formula is C11H17NO2. The molecule has 1 aromatic heterocycles. The Morgan fingerprint density at radius 1 is 1.64 bits per heavy atom. The molecule has 0 radical (unpaired) electrons. The SMILES string of the molecule is CC1CC1c1ccc(C(C)(N)CO)o1. The van der Waals surface area contributed by atoms with Crippen LogP contribution in [-0.2, 0) is 5.54 Å². The van der Waals surface area contributed by atoms with Crippen molar-refractivity contribution in [1.82, 2.24) is 0 Å². The predicted octanol–water partition coefficient (Wildman–Crippen LogP) is 1.57. The van der Waals surface area contributed by atoms with E-state index in [1.54, 1.807) is 6.92 Å². The van der Waals surface area contributed by atoms with Crippen LogP contribution in [0.15, 0.2) is 16.5 Å². The Bertz CT molecular complexity index is 330. The Hall–Kier alpha value is -0.800. The van der Waals surface area contributed by atoms with Crippen molar-refractivity contribution in [2.75, 3.05) is 6.61 Å². The fourth-order valence-electron chi connectivity index (χ4n) is 1.66. The second kappa shape index (κ2) is 3.11. The zero-order chi connectivity index (χ0) is 10.3. The highest BCUT2D eigenvalue weighted by atomic mass is 16.3. The summed E-state index contributed by atoms with van der Waals surface area (Å²) in [5.74, 6) is 2.98. The van der Waals surface area contributed by atoms with Crippen LogP contribution >= 0.6 is 0 Å². The van der Waals surface area contributed by atoms with Crippen LogP contribution in [0.4, 0.5) is 0 Å². The summed E-state index contributed by atoms with van der Waals surface area (Å²) in [6.45, 7) is 3.88. The van der Waals surface area contributed by atoms with Gasteiger partial charge in [-0.05, 0) is 31.4 Å². The Morgan fingerprint density at radius 2 is 2.29 bits per heavy atom. The summed E-state index contributed by atoms with van der Waals surface area (Å²) in [5.41, 5.74) is 5.11. The number of furan rings is 1. The van der Waals surface area contributed by atoms with Crippen LogP contribution in [0.1, 0.15) is 37.7 Å². The van der Waals surface area contributed by atoms with Gasteiger partial charge >= 0.3 is 0 Å². The summed E-state index contributed by atoms with van der Waals surface area (Å²) in [4.78, 5) is 0. The fraction of sp³-hybridized carbons (Fsp3) is 0.636. The van der Waals surface area contributed by atoms with Gasteiger partial charge in [0.2, 0.25) is 0 Å². The van der Waals surface area contributed by atoms with E-state index in [4.69, 9.17) is 15.3 Å². The second-order valence-electron chi connectivity index (χ2n) is 4.60. The number of aliphatic hydroxyl groups excluding tert-OH is 1. The Kier molecular flexibility index (Phi) is 2.16. The number of hydrogen-bond acceptors (Lipinski definition) is 3. The largest absolute Gasteiger partial charge is 0.464 e. The molecule has 3 atom stereocenters. The molecule has 1 aliphatic carbocycles. The summed E-state index contributed by atoms with van der Waals surface area (Å²) < 4.78 is 5.65. The van der Waals surface area contributed by atoms with E-state index in [0.29, 0.717) is 11.7 Å². The monoisotopic (exact) mass is 195 g/mol. The van der Waals surface area contributed by atoms with Crippen molar-refractivity contribution in [2.24, 2.45) is 11.7 Å². The van der Waals surface area contributed by atoms with Gasteiger partial charge in [-0.15, -0.1) is 0 Å². The van der Waals surface area contributed by atoms with Gasteiger partial charge in [0.05, 0.1) is 12.1 Å². The van der Waals surface area contributed by atoms with Crippen molar-refractivity contribution < 1.29 is 9.52 Å². The van der Waals surface area contributed by atoms with Crippen LogP contribution in [0.2, 0.25) is 0 Å². The van der Waals surface area contributed by atoms with Gasteiger partial charge < -0.3 is 15.3 Å². The van der Waals surface area contributed by atoms with Gasteiger partial charge in [0.1, 0.15) is 11.5 Å². The molecule has 3 nitrogen and oxygen atoms in total. The molecule has 0 bridgehead atoms. The highest BCUT2D eigenvalue weighted by Crippen LogP contribution is 2.47. The van der Waals surface area contributed by atoms with Gasteiger partial charge in [-0.2, -0.15) is 0 Å². The number of rotatable bonds is 3. The van der Waals surface area contributed by atoms with E-state index in [0.717, 1.165) is 11.7 Å². The van der Waals surface area contributed by atoms with Gasteiger partial charge in [0.15, 0.2) is 0 Å². The maximum atomic E-state index is 9.08.